The van der Waals surface area contributed by atoms with Crippen LogP contribution >= 0.6 is 0 Å². The minimum Gasteiger partial charge on any atom is -0.458 e. The fraction of sp³-hybridized carbons (Fsp3) is 0.182. The van der Waals surface area contributed by atoms with Crippen LogP contribution in [0.2, 0.25) is 0 Å². The molecule has 2 aliphatic heterocycles. The normalized spacial score (nSPS) is 13.1. The van der Waals surface area contributed by atoms with E-state index in [0.29, 0.717) is 5.75 Å². The summed E-state index contributed by atoms with van der Waals surface area (Å²) in [7, 11) is 0. The average molecular weight is 965 g/mol. The second-order valence-electron chi connectivity index (χ2n) is 23.1. The zero-order valence-corrected chi connectivity index (χ0v) is 43.4. The molecule has 2 aliphatic rings. The average Bonchev–Trinajstić information content (AvgIpc) is 3.94. The van der Waals surface area contributed by atoms with Crippen LogP contribution in [0.1, 0.15) is 79.0 Å². The summed E-state index contributed by atoms with van der Waals surface area (Å²) in [6, 6.07) is 62.3. The van der Waals surface area contributed by atoms with Crippen molar-refractivity contribution >= 4 is 55.9 Å². The largest absolute Gasteiger partial charge is 0.458 e. The summed E-state index contributed by atoms with van der Waals surface area (Å²) in [5, 5.41) is 2.19. The first-order valence-corrected chi connectivity index (χ1v) is 25.7. The van der Waals surface area contributed by atoms with Crippen molar-refractivity contribution < 1.29 is 18.8 Å². The van der Waals surface area contributed by atoms with Gasteiger partial charge in [-0.25, -0.2) is 4.98 Å². The summed E-state index contributed by atoms with van der Waals surface area (Å²) in [5.41, 5.74) is 15.3. The Balaban J connectivity index is 0.908. The van der Waals surface area contributed by atoms with Crippen molar-refractivity contribution in [2.45, 2.75) is 78.6 Å². The Bertz CT molecular complexity index is 3980. The van der Waals surface area contributed by atoms with Gasteiger partial charge in [0.2, 0.25) is 0 Å². The van der Waals surface area contributed by atoms with Crippen molar-refractivity contribution in [3.63, 3.8) is 0 Å². The van der Waals surface area contributed by atoms with Gasteiger partial charge in [-0.3, -0.25) is 13.7 Å². The number of pyridine rings is 1. The Morgan fingerprint density at radius 2 is 1.15 bits per heavy atom. The second kappa shape index (κ2) is 16.6. The third-order valence-electron chi connectivity index (χ3n) is 15.0. The highest BCUT2D eigenvalue weighted by atomic mass is 16.5. The Morgan fingerprint density at radius 3 is 1.84 bits per heavy atom. The van der Waals surface area contributed by atoms with Gasteiger partial charge in [0.15, 0.2) is 0 Å². The molecule has 0 bridgehead atoms. The fourth-order valence-electron chi connectivity index (χ4n) is 10.9. The molecule has 0 saturated heterocycles. The molecule has 0 saturated carbocycles. The van der Waals surface area contributed by atoms with Crippen LogP contribution in [0.4, 0.5) is 0 Å². The standard InChI is InChI=1S/C66H57BN4O3/c1-64(2,3)43-29-30-68-62(37-43)71-54-28-25-41(42-32-60-63-61(33-42)74-59-24-15-11-20-53(59)67(63)52-19-10-14-23-58(52)73-60)31-51(54)50-27-26-49(39-57(50)71)72-48-18-16-17-46(38-48)69-40-70(56-22-13-12-21-55(56)69)47-35-44(65(4,5)6)34-45(36-47)66(7,8)9/h10-39H,1-9H3. The van der Waals surface area contributed by atoms with E-state index >= 15 is 0 Å². The van der Waals surface area contributed by atoms with Crippen LogP contribution in [0.25, 0.3) is 61.2 Å². The summed E-state index contributed by atoms with van der Waals surface area (Å²) in [6.07, 6.45) is 5.68. The van der Waals surface area contributed by atoms with Gasteiger partial charge in [-0.1, -0.05) is 141 Å². The van der Waals surface area contributed by atoms with Crippen molar-refractivity contribution in [1.82, 2.24) is 14.1 Å². The van der Waals surface area contributed by atoms with Crippen molar-refractivity contribution in [2.24, 2.45) is 0 Å². The zero-order valence-electron chi connectivity index (χ0n) is 43.4. The Morgan fingerprint density at radius 1 is 0.500 bits per heavy atom. The van der Waals surface area contributed by atoms with E-state index in [2.05, 4.69) is 240 Å². The van der Waals surface area contributed by atoms with Gasteiger partial charge in [0.05, 0.1) is 33.4 Å². The molecule has 5 heterocycles. The van der Waals surface area contributed by atoms with Crippen molar-refractivity contribution in [2.75, 3.05) is 0 Å². The predicted molar refractivity (Wildman–Crippen MR) is 302 cm³/mol. The molecule has 0 fully saturated rings. The topological polar surface area (TPSA) is 54.3 Å². The lowest BCUT2D eigenvalue weighted by Crippen LogP contribution is -2.57. The molecule has 11 aromatic rings. The van der Waals surface area contributed by atoms with Gasteiger partial charge >= 0.3 is 0 Å². The summed E-state index contributed by atoms with van der Waals surface area (Å²) in [4.78, 5) is 5.02. The smallest absolute Gasteiger partial charge is 0.269 e. The first-order chi connectivity index (χ1) is 35.5. The number of hydrogen-bond donors (Lipinski definition) is 0. The quantitative estimate of drug-likeness (QED) is 0.0946. The number of ether oxygens (including phenoxy) is 3. The molecule has 362 valence electrons. The van der Waals surface area contributed by atoms with Crippen LogP contribution in [-0.2, 0) is 16.2 Å². The van der Waals surface area contributed by atoms with Crippen LogP contribution in [0.15, 0.2) is 182 Å². The maximum Gasteiger partial charge on any atom is 0.269 e. The molecule has 13 rings (SSSR count). The number of nitrogens with zero attached hydrogens (tertiary/aromatic N) is 4. The van der Waals surface area contributed by atoms with Gasteiger partial charge in [0, 0.05) is 28.5 Å². The number of aromatic nitrogens is 4. The highest BCUT2D eigenvalue weighted by Crippen LogP contribution is 2.42. The minimum absolute atomic E-state index is 0.0163. The first kappa shape index (κ1) is 45.5. The Labute approximate surface area is 433 Å². The van der Waals surface area contributed by atoms with E-state index in [1.165, 1.54) is 16.7 Å². The van der Waals surface area contributed by atoms with Gasteiger partial charge in [0.1, 0.15) is 40.3 Å². The van der Waals surface area contributed by atoms with E-state index in [-0.39, 0.29) is 23.0 Å². The molecule has 3 aromatic heterocycles. The van der Waals surface area contributed by atoms with E-state index in [9.17, 15) is 0 Å². The molecule has 0 aliphatic carbocycles. The lowest BCUT2D eigenvalue weighted by atomic mass is 9.35. The van der Waals surface area contributed by atoms with Gasteiger partial charge in [-0.2, -0.15) is 0 Å². The molecule has 8 aromatic carbocycles. The molecular formula is C66H57BN4O3. The highest BCUT2D eigenvalue weighted by Gasteiger charge is 2.40. The number of imidazole rings is 1. The van der Waals surface area contributed by atoms with E-state index in [0.717, 1.165) is 106 Å². The number of hydrogen-bond acceptors (Lipinski definition) is 4. The summed E-state index contributed by atoms with van der Waals surface area (Å²) in [6.45, 7) is 20.4. The number of rotatable bonds is 6. The van der Waals surface area contributed by atoms with Crippen LogP contribution < -0.4 is 35.2 Å². The van der Waals surface area contributed by atoms with Crippen LogP contribution in [-0.4, -0.2) is 20.8 Å². The molecular weight excluding hydrogens is 908 g/mol. The second-order valence-corrected chi connectivity index (χ2v) is 23.1. The molecule has 7 nitrogen and oxygen atoms in total. The van der Waals surface area contributed by atoms with E-state index in [1.807, 2.05) is 24.4 Å². The van der Waals surface area contributed by atoms with Gasteiger partial charge in [0.25, 0.3) is 13.0 Å². The zero-order chi connectivity index (χ0) is 50.8. The lowest BCUT2D eigenvalue weighted by Gasteiger charge is -2.33. The monoisotopic (exact) mass is 964 g/mol. The number of para-hydroxylation sites is 4. The van der Waals surface area contributed by atoms with Gasteiger partial charge in [-0.15, -0.1) is 0 Å². The molecule has 74 heavy (non-hydrogen) atoms. The van der Waals surface area contributed by atoms with Gasteiger partial charge in [-0.05, 0) is 146 Å². The fourth-order valence-corrected chi connectivity index (χ4v) is 10.9. The Hall–Kier alpha value is -8.36. The molecule has 0 unspecified atom stereocenters. The SMILES string of the molecule is CC(C)(C)c1cc(-[n+]2[c-]n(-c3cccc(Oc4ccc5c6cc(-c7cc8c9c(c7)Oc7ccccc7B9c7ccccc7O8)ccc6n(-c6cc(C(C)(C)C)ccn6)c5c4)c3)c3ccccc32)cc(C(C)(C)C)c1. The van der Waals surface area contributed by atoms with Crippen molar-refractivity contribution in [3.05, 3.63) is 205 Å². The number of benzene rings is 8. The minimum atomic E-state index is -0.0760. The lowest BCUT2D eigenvalue weighted by molar-refractivity contribution is -0.572. The number of fused-ring (bicyclic) bond motifs is 8. The summed E-state index contributed by atoms with van der Waals surface area (Å²) >= 11 is 0. The maximum absolute atomic E-state index is 6.86. The molecule has 0 spiro atoms. The van der Waals surface area contributed by atoms with Crippen LogP contribution in [0.5, 0.6) is 34.5 Å². The van der Waals surface area contributed by atoms with Crippen molar-refractivity contribution in [1.29, 1.82) is 0 Å². The third-order valence-corrected chi connectivity index (χ3v) is 15.0. The molecule has 8 heteroatoms. The molecule has 0 N–H and O–H groups in total. The van der Waals surface area contributed by atoms with Crippen LogP contribution in [0, 0.1) is 6.33 Å². The van der Waals surface area contributed by atoms with Gasteiger partial charge < -0.3 is 14.2 Å². The molecule has 0 radical (unpaired) electrons. The molecule has 0 atom stereocenters. The third kappa shape index (κ3) is 7.65. The maximum atomic E-state index is 6.86. The predicted octanol–water partition coefficient (Wildman–Crippen LogP) is 14.3. The summed E-state index contributed by atoms with van der Waals surface area (Å²) in [5.74, 6) is 5.65. The van der Waals surface area contributed by atoms with E-state index in [1.54, 1.807) is 0 Å². The van der Waals surface area contributed by atoms with E-state index < -0.39 is 0 Å². The van der Waals surface area contributed by atoms with Crippen molar-refractivity contribution in [3.8, 4) is 62.8 Å². The Kier molecular flexibility index (Phi) is 10.2. The van der Waals surface area contributed by atoms with Crippen LogP contribution in [0.3, 0.4) is 0 Å². The summed E-state index contributed by atoms with van der Waals surface area (Å²) < 4.78 is 26.9. The highest BCUT2D eigenvalue weighted by molar-refractivity contribution is 6.98. The first-order valence-electron chi connectivity index (χ1n) is 25.7. The molecule has 0 amide bonds. The van der Waals surface area contributed by atoms with E-state index in [4.69, 9.17) is 19.2 Å².